The van der Waals surface area contributed by atoms with E-state index in [9.17, 15) is 4.79 Å². The molecule has 1 saturated carbocycles. The van der Waals surface area contributed by atoms with Crippen molar-refractivity contribution in [1.29, 1.82) is 0 Å². The Morgan fingerprint density at radius 1 is 1.45 bits per heavy atom. The Balaban J connectivity index is 2.10. The first-order chi connectivity index (χ1) is 9.61. The number of hydrogen-bond donors (Lipinski definition) is 1. The van der Waals surface area contributed by atoms with Gasteiger partial charge in [-0.25, -0.2) is 0 Å². The standard InChI is InChI=1S/C16H25N3O/c1-4-17-15-9-12(2)18-10-14(15)16(20)19(3)11-13-7-5-6-8-13/h9-10,13H,4-8,11H2,1-3H3,(H,17,18). The van der Waals surface area contributed by atoms with Crippen molar-refractivity contribution in [2.45, 2.75) is 39.5 Å². The molecule has 0 radical (unpaired) electrons. The summed E-state index contributed by atoms with van der Waals surface area (Å²) in [7, 11) is 1.90. The summed E-state index contributed by atoms with van der Waals surface area (Å²) in [5.74, 6) is 0.741. The molecule has 0 unspecified atom stereocenters. The fourth-order valence-corrected chi connectivity index (χ4v) is 2.94. The lowest BCUT2D eigenvalue weighted by Gasteiger charge is -2.22. The SMILES string of the molecule is CCNc1cc(C)ncc1C(=O)N(C)CC1CCCC1. The van der Waals surface area contributed by atoms with Gasteiger partial charge < -0.3 is 10.2 Å². The van der Waals surface area contributed by atoms with Crippen LogP contribution in [0.25, 0.3) is 0 Å². The van der Waals surface area contributed by atoms with E-state index in [-0.39, 0.29) is 5.91 Å². The van der Waals surface area contributed by atoms with E-state index in [2.05, 4.69) is 10.3 Å². The lowest BCUT2D eigenvalue weighted by Crippen LogP contribution is -2.31. The van der Waals surface area contributed by atoms with Gasteiger partial charge in [-0.2, -0.15) is 0 Å². The van der Waals surface area contributed by atoms with Gasteiger partial charge >= 0.3 is 0 Å². The molecule has 0 spiro atoms. The van der Waals surface area contributed by atoms with Crippen molar-refractivity contribution in [2.24, 2.45) is 5.92 Å². The molecule has 1 amide bonds. The summed E-state index contributed by atoms with van der Waals surface area (Å²) in [4.78, 5) is 18.7. The van der Waals surface area contributed by atoms with Crippen LogP contribution in [0, 0.1) is 12.8 Å². The van der Waals surface area contributed by atoms with Crippen molar-refractivity contribution in [2.75, 3.05) is 25.5 Å². The van der Waals surface area contributed by atoms with Gasteiger partial charge in [-0.15, -0.1) is 0 Å². The molecule has 0 bridgehead atoms. The second kappa shape index (κ2) is 6.73. The zero-order chi connectivity index (χ0) is 14.5. The monoisotopic (exact) mass is 275 g/mol. The minimum Gasteiger partial charge on any atom is -0.385 e. The maximum atomic E-state index is 12.6. The van der Waals surface area contributed by atoms with Crippen LogP contribution in [-0.4, -0.2) is 35.9 Å². The number of nitrogens with one attached hydrogen (secondary N) is 1. The predicted molar refractivity (Wildman–Crippen MR) is 82.1 cm³/mol. The number of rotatable bonds is 5. The van der Waals surface area contributed by atoms with Crippen molar-refractivity contribution in [3.63, 3.8) is 0 Å². The van der Waals surface area contributed by atoms with Crippen LogP contribution in [0.15, 0.2) is 12.3 Å². The molecule has 1 aromatic rings. The van der Waals surface area contributed by atoms with Crippen molar-refractivity contribution in [3.8, 4) is 0 Å². The number of pyridine rings is 1. The molecule has 1 aliphatic carbocycles. The van der Waals surface area contributed by atoms with Gasteiger partial charge in [-0.05, 0) is 38.7 Å². The second-order valence-corrected chi connectivity index (χ2v) is 5.74. The van der Waals surface area contributed by atoms with Gasteiger partial charge in [0.05, 0.1) is 11.3 Å². The molecule has 4 nitrogen and oxygen atoms in total. The molecule has 0 saturated heterocycles. The van der Waals surface area contributed by atoms with Crippen LogP contribution >= 0.6 is 0 Å². The van der Waals surface area contributed by atoms with Gasteiger partial charge in [0.15, 0.2) is 0 Å². The highest BCUT2D eigenvalue weighted by atomic mass is 16.2. The van der Waals surface area contributed by atoms with Crippen LogP contribution in [0.5, 0.6) is 0 Å². The third-order valence-electron chi connectivity index (χ3n) is 3.99. The van der Waals surface area contributed by atoms with Crippen LogP contribution in [-0.2, 0) is 0 Å². The maximum Gasteiger partial charge on any atom is 0.257 e. The van der Waals surface area contributed by atoms with Crippen LogP contribution in [0.3, 0.4) is 0 Å². The normalized spacial score (nSPS) is 15.3. The van der Waals surface area contributed by atoms with E-state index in [1.165, 1.54) is 25.7 Å². The number of aryl methyl sites for hydroxylation is 1. The summed E-state index contributed by atoms with van der Waals surface area (Å²) in [6.07, 6.45) is 6.82. The van der Waals surface area contributed by atoms with Crippen molar-refractivity contribution in [3.05, 3.63) is 23.5 Å². The minimum absolute atomic E-state index is 0.0698. The minimum atomic E-state index is 0.0698. The molecule has 1 N–H and O–H groups in total. The van der Waals surface area contributed by atoms with Crippen LogP contribution in [0.4, 0.5) is 5.69 Å². The van der Waals surface area contributed by atoms with Gasteiger partial charge in [0, 0.05) is 32.0 Å². The topological polar surface area (TPSA) is 45.2 Å². The lowest BCUT2D eigenvalue weighted by atomic mass is 10.1. The molecule has 0 aliphatic heterocycles. The molecule has 20 heavy (non-hydrogen) atoms. The molecule has 0 atom stereocenters. The van der Waals surface area contributed by atoms with Gasteiger partial charge in [0.2, 0.25) is 0 Å². The molecule has 1 aromatic heterocycles. The number of anilines is 1. The van der Waals surface area contributed by atoms with Crippen LogP contribution in [0.1, 0.15) is 48.7 Å². The summed E-state index contributed by atoms with van der Waals surface area (Å²) in [6.45, 7) is 5.64. The smallest absolute Gasteiger partial charge is 0.257 e. The quantitative estimate of drug-likeness (QED) is 0.898. The molecular formula is C16H25N3O. The molecule has 2 rings (SSSR count). The summed E-state index contributed by atoms with van der Waals surface area (Å²) in [5, 5.41) is 3.26. The molecule has 1 aliphatic rings. The molecule has 110 valence electrons. The average Bonchev–Trinajstić information content (AvgIpc) is 2.91. The molecular weight excluding hydrogens is 250 g/mol. The first-order valence-electron chi connectivity index (χ1n) is 7.57. The Morgan fingerprint density at radius 2 is 2.15 bits per heavy atom. The molecule has 1 heterocycles. The first kappa shape index (κ1) is 14.8. The highest BCUT2D eigenvalue weighted by molar-refractivity contribution is 5.99. The zero-order valence-electron chi connectivity index (χ0n) is 12.8. The summed E-state index contributed by atoms with van der Waals surface area (Å²) < 4.78 is 0. The van der Waals surface area contributed by atoms with E-state index >= 15 is 0 Å². The Labute approximate surface area is 121 Å². The van der Waals surface area contributed by atoms with Gasteiger partial charge in [-0.3, -0.25) is 9.78 Å². The Bertz CT molecular complexity index is 467. The summed E-state index contributed by atoms with van der Waals surface area (Å²) in [6, 6.07) is 1.94. The fourth-order valence-electron chi connectivity index (χ4n) is 2.94. The van der Waals surface area contributed by atoms with Crippen LogP contribution < -0.4 is 5.32 Å². The second-order valence-electron chi connectivity index (χ2n) is 5.74. The lowest BCUT2D eigenvalue weighted by molar-refractivity contribution is 0.0774. The number of carbonyl (C=O) groups excluding carboxylic acids is 1. The van der Waals surface area contributed by atoms with E-state index < -0.39 is 0 Å². The average molecular weight is 275 g/mol. The largest absolute Gasteiger partial charge is 0.385 e. The Kier molecular flexibility index (Phi) is 4.99. The van der Waals surface area contributed by atoms with E-state index in [1.807, 2.05) is 31.9 Å². The van der Waals surface area contributed by atoms with E-state index in [4.69, 9.17) is 0 Å². The van der Waals surface area contributed by atoms with Gasteiger partial charge in [0.1, 0.15) is 0 Å². The highest BCUT2D eigenvalue weighted by Crippen LogP contribution is 2.26. The third kappa shape index (κ3) is 3.50. The fraction of sp³-hybridized carbons (Fsp3) is 0.625. The first-order valence-corrected chi connectivity index (χ1v) is 7.57. The summed E-state index contributed by atoms with van der Waals surface area (Å²) in [5.41, 5.74) is 2.50. The predicted octanol–water partition coefficient (Wildman–Crippen LogP) is 3.08. The van der Waals surface area contributed by atoms with Crippen molar-refractivity contribution >= 4 is 11.6 Å². The number of amides is 1. The number of hydrogen-bond acceptors (Lipinski definition) is 3. The number of nitrogens with zero attached hydrogens (tertiary/aromatic N) is 2. The number of carbonyl (C=O) groups is 1. The van der Waals surface area contributed by atoms with E-state index in [0.717, 1.165) is 24.5 Å². The number of aromatic nitrogens is 1. The summed E-state index contributed by atoms with van der Waals surface area (Å²) >= 11 is 0. The molecule has 0 aromatic carbocycles. The zero-order valence-corrected chi connectivity index (χ0v) is 12.8. The van der Waals surface area contributed by atoms with Crippen LogP contribution in [0.2, 0.25) is 0 Å². The Morgan fingerprint density at radius 3 is 2.80 bits per heavy atom. The maximum absolute atomic E-state index is 12.6. The van der Waals surface area contributed by atoms with Crippen molar-refractivity contribution < 1.29 is 4.79 Å². The van der Waals surface area contributed by atoms with Gasteiger partial charge in [0.25, 0.3) is 5.91 Å². The van der Waals surface area contributed by atoms with E-state index in [0.29, 0.717) is 11.5 Å². The molecule has 4 heteroatoms. The van der Waals surface area contributed by atoms with E-state index in [1.54, 1.807) is 6.20 Å². The molecule has 1 fully saturated rings. The Hall–Kier alpha value is -1.58. The third-order valence-corrected chi connectivity index (χ3v) is 3.99. The van der Waals surface area contributed by atoms with Crippen molar-refractivity contribution in [1.82, 2.24) is 9.88 Å². The van der Waals surface area contributed by atoms with Gasteiger partial charge in [-0.1, -0.05) is 12.8 Å². The highest BCUT2D eigenvalue weighted by Gasteiger charge is 2.22.